The summed E-state index contributed by atoms with van der Waals surface area (Å²) in [6.45, 7) is 0.895. The number of hydrogen-bond donors (Lipinski definition) is 1. The van der Waals surface area contributed by atoms with E-state index in [-0.39, 0.29) is 5.15 Å². The van der Waals surface area contributed by atoms with Gasteiger partial charge in [-0.15, -0.1) is 10.2 Å². The molecule has 0 atom stereocenters. The smallest absolute Gasteiger partial charge is 0.170 e. The highest BCUT2D eigenvalue weighted by Crippen LogP contribution is 2.28. The van der Waals surface area contributed by atoms with Crippen LogP contribution in [0, 0.1) is 0 Å². The van der Waals surface area contributed by atoms with E-state index in [1.165, 1.54) is 0 Å². The van der Waals surface area contributed by atoms with Crippen LogP contribution in [0.25, 0.3) is 0 Å². The van der Waals surface area contributed by atoms with E-state index in [1.807, 2.05) is 7.05 Å². The van der Waals surface area contributed by atoms with Crippen molar-refractivity contribution in [3.63, 3.8) is 0 Å². The van der Waals surface area contributed by atoms with Gasteiger partial charge in [0, 0.05) is 5.56 Å². The first-order chi connectivity index (χ1) is 6.66. The van der Waals surface area contributed by atoms with Gasteiger partial charge >= 0.3 is 0 Å². The van der Waals surface area contributed by atoms with Crippen molar-refractivity contribution < 1.29 is 0 Å². The van der Waals surface area contributed by atoms with Gasteiger partial charge in [0.15, 0.2) is 10.3 Å². The van der Waals surface area contributed by atoms with Crippen LogP contribution in [0.1, 0.15) is 12.0 Å². The van der Waals surface area contributed by atoms with Gasteiger partial charge in [0.05, 0.1) is 5.02 Å². The molecule has 14 heavy (non-hydrogen) atoms. The van der Waals surface area contributed by atoms with Crippen LogP contribution in [0.2, 0.25) is 15.3 Å². The second kappa shape index (κ2) is 5.71. The maximum absolute atomic E-state index is 5.94. The van der Waals surface area contributed by atoms with Gasteiger partial charge in [-0.25, -0.2) is 0 Å². The summed E-state index contributed by atoms with van der Waals surface area (Å²) >= 11 is 17.5. The van der Waals surface area contributed by atoms with Gasteiger partial charge in [-0.3, -0.25) is 0 Å². The van der Waals surface area contributed by atoms with Gasteiger partial charge in [-0.05, 0) is 26.4 Å². The SMILES string of the molecule is CNCCCc1c(Cl)nnc(Cl)c1Cl. The molecule has 3 nitrogen and oxygen atoms in total. The van der Waals surface area contributed by atoms with Crippen molar-refractivity contribution >= 4 is 34.8 Å². The van der Waals surface area contributed by atoms with Crippen LogP contribution in [0.5, 0.6) is 0 Å². The minimum atomic E-state index is 0.204. The molecule has 1 N–H and O–H groups in total. The number of hydrogen-bond acceptors (Lipinski definition) is 3. The Labute approximate surface area is 97.8 Å². The molecule has 1 aromatic rings. The van der Waals surface area contributed by atoms with Gasteiger partial charge in [0.25, 0.3) is 0 Å². The first-order valence-corrected chi connectivity index (χ1v) is 5.31. The molecule has 1 heterocycles. The zero-order valence-corrected chi connectivity index (χ0v) is 9.92. The minimum Gasteiger partial charge on any atom is -0.320 e. The molecule has 78 valence electrons. The van der Waals surface area contributed by atoms with Gasteiger partial charge < -0.3 is 5.32 Å². The molecule has 0 radical (unpaired) electrons. The highest BCUT2D eigenvalue weighted by molar-refractivity contribution is 6.42. The van der Waals surface area contributed by atoms with Crippen LogP contribution < -0.4 is 5.32 Å². The van der Waals surface area contributed by atoms with Crippen molar-refractivity contribution in [2.75, 3.05) is 13.6 Å². The van der Waals surface area contributed by atoms with E-state index in [0.717, 1.165) is 24.9 Å². The molecular weight excluding hydrogens is 244 g/mol. The molecule has 0 aliphatic rings. The van der Waals surface area contributed by atoms with Crippen LogP contribution in [0.3, 0.4) is 0 Å². The van der Waals surface area contributed by atoms with Gasteiger partial charge in [-0.1, -0.05) is 34.8 Å². The lowest BCUT2D eigenvalue weighted by molar-refractivity contribution is 0.722. The van der Waals surface area contributed by atoms with Crippen LogP contribution >= 0.6 is 34.8 Å². The van der Waals surface area contributed by atoms with Crippen LogP contribution in [0.15, 0.2) is 0 Å². The first kappa shape index (κ1) is 12.0. The third-order valence-corrected chi connectivity index (χ3v) is 2.85. The summed E-state index contributed by atoms with van der Waals surface area (Å²) in [6, 6.07) is 0. The minimum absolute atomic E-state index is 0.204. The van der Waals surface area contributed by atoms with Crippen molar-refractivity contribution in [3.05, 3.63) is 20.9 Å². The lowest BCUT2D eigenvalue weighted by Crippen LogP contribution is -2.09. The summed E-state index contributed by atoms with van der Waals surface area (Å²) in [5.74, 6) is 0. The standard InChI is InChI=1S/C8H10Cl3N3/c1-12-4-2-3-5-6(9)8(11)14-13-7(5)10/h12H,2-4H2,1H3. The number of rotatable bonds is 4. The average molecular weight is 255 g/mol. The maximum Gasteiger partial charge on any atom is 0.170 e. The summed E-state index contributed by atoms with van der Waals surface area (Å²) in [7, 11) is 1.89. The average Bonchev–Trinajstić information content (AvgIpc) is 2.18. The quantitative estimate of drug-likeness (QED) is 0.839. The lowest BCUT2D eigenvalue weighted by Gasteiger charge is -2.05. The Kier molecular flexibility index (Phi) is 4.89. The third kappa shape index (κ3) is 2.95. The van der Waals surface area contributed by atoms with E-state index >= 15 is 0 Å². The zero-order valence-electron chi connectivity index (χ0n) is 7.65. The van der Waals surface area contributed by atoms with E-state index in [9.17, 15) is 0 Å². The largest absolute Gasteiger partial charge is 0.320 e. The van der Waals surface area contributed by atoms with E-state index in [4.69, 9.17) is 34.8 Å². The number of nitrogens with one attached hydrogen (secondary N) is 1. The molecule has 1 aromatic heterocycles. The van der Waals surface area contributed by atoms with Crippen molar-refractivity contribution in [1.82, 2.24) is 15.5 Å². The van der Waals surface area contributed by atoms with Gasteiger partial charge in [0.1, 0.15) is 0 Å². The molecule has 0 spiro atoms. The molecule has 0 saturated heterocycles. The molecule has 0 aliphatic carbocycles. The molecule has 6 heteroatoms. The summed E-state index contributed by atoms with van der Waals surface area (Å²) < 4.78 is 0. The third-order valence-electron chi connectivity index (χ3n) is 1.77. The Hall–Kier alpha value is -0.0900. The van der Waals surface area contributed by atoms with E-state index in [0.29, 0.717) is 10.2 Å². The number of halogens is 3. The van der Waals surface area contributed by atoms with Crippen molar-refractivity contribution in [1.29, 1.82) is 0 Å². The van der Waals surface area contributed by atoms with Crippen LogP contribution in [-0.2, 0) is 6.42 Å². The molecule has 0 aliphatic heterocycles. The van der Waals surface area contributed by atoms with E-state index in [1.54, 1.807) is 0 Å². The number of aromatic nitrogens is 2. The predicted octanol–water partition coefficient (Wildman–Crippen LogP) is 2.59. The van der Waals surface area contributed by atoms with Crippen molar-refractivity contribution in [2.45, 2.75) is 12.8 Å². The summed E-state index contributed by atoms with van der Waals surface area (Å²) in [6.07, 6.45) is 1.67. The molecule has 0 amide bonds. The van der Waals surface area contributed by atoms with E-state index < -0.39 is 0 Å². The second-order valence-electron chi connectivity index (χ2n) is 2.78. The summed E-state index contributed by atoms with van der Waals surface area (Å²) in [5, 5.41) is 11.3. The molecule has 1 rings (SSSR count). The molecule has 0 aromatic carbocycles. The van der Waals surface area contributed by atoms with Gasteiger partial charge in [0.2, 0.25) is 0 Å². The molecule has 0 fully saturated rings. The maximum atomic E-state index is 5.94. The molecule has 0 unspecified atom stereocenters. The molecule has 0 bridgehead atoms. The second-order valence-corrected chi connectivity index (χ2v) is 3.88. The van der Waals surface area contributed by atoms with E-state index in [2.05, 4.69) is 15.5 Å². The Morgan fingerprint density at radius 3 is 2.43 bits per heavy atom. The van der Waals surface area contributed by atoms with Crippen molar-refractivity contribution in [2.24, 2.45) is 0 Å². The fourth-order valence-corrected chi connectivity index (χ4v) is 1.71. The highest BCUT2D eigenvalue weighted by atomic mass is 35.5. The molecule has 0 saturated carbocycles. The Balaban J connectivity index is 2.79. The fourth-order valence-electron chi connectivity index (χ4n) is 1.06. The summed E-state index contributed by atoms with van der Waals surface area (Å²) in [5.41, 5.74) is 0.767. The first-order valence-electron chi connectivity index (χ1n) is 4.17. The van der Waals surface area contributed by atoms with Crippen molar-refractivity contribution in [3.8, 4) is 0 Å². The van der Waals surface area contributed by atoms with Gasteiger partial charge in [-0.2, -0.15) is 0 Å². The lowest BCUT2D eigenvalue weighted by atomic mass is 10.2. The van der Waals surface area contributed by atoms with Crippen LogP contribution in [0.4, 0.5) is 0 Å². The Bertz CT molecular complexity index is 317. The highest BCUT2D eigenvalue weighted by Gasteiger charge is 2.11. The topological polar surface area (TPSA) is 37.8 Å². The Morgan fingerprint density at radius 2 is 1.79 bits per heavy atom. The monoisotopic (exact) mass is 253 g/mol. The fraction of sp³-hybridized carbons (Fsp3) is 0.500. The molecular formula is C8H10Cl3N3. The zero-order chi connectivity index (χ0) is 10.6. The van der Waals surface area contributed by atoms with Crippen LogP contribution in [-0.4, -0.2) is 23.8 Å². The Morgan fingerprint density at radius 1 is 1.14 bits per heavy atom. The number of nitrogens with zero attached hydrogens (tertiary/aromatic N) is 2. The predicted molar refractivity (Wildman–Crippen MR) is 59.3 cm³/mol. The normalized spacial score (nSPS) is 10.6. The summed E-state index contributed by atoms with van der Waals surface area (Å²) in [4.78, 5) is 0.